The van der Waals surface area contributed by atoms with Crippen molar-refractivity contribution < 1.29 is 23.9 Å². The topological polar surface area (TPSA) is 118 Å². The standard InChI is InChI=1S/C30H23ClN4O5S/c1-2-14-40-29(39)20-11-7-13-22(16-20)35-27(37)24(31)25(28(35)38)32-21-12-6-10-19(15-21)26(36)34-30-33-23(17-41-30)18-8-4-3-5-9-18/h3-13,15-17,32H,2,14H2,1H3,(H,33,34,36). The molecule has 1 aromatic heterocycles. The van der Waals surface area contributed by atoms with Gasteiger partial charge in [0.1, 0.15) is 10.7 Å². The molecule has 206 valence electrons. The van der Waals surface area contributed by atoms with Crippen LogP contribution in [0.5, 0.6) is 0 Å². The van der Waals surface area contributed by atoms with Crippen LogP contribution in [0.2, 0.25) is 0 Å². The van der Waals surface area contributed by atoms with Gasteiger partial charge in [0.05, 0.1) is 23.6 Å². The van der Waals surface area contributed by atoms with Crippen LogP contribution in [0.15, 0.2) is 95.0 Å². The van der Waals surface area contributed by atoms with Gasteiger partial charge in [-0.3, -0.25) is 19.7 Å². The summed E-state index contributed by atoms with van der Waals surface area (Å²) < 4.78 is 5.15. The minimum absolute atomic E-state index is 0.152. The summed E-state index contributed by atoms with van der Waals surface area (Å²) in [6, 6.07) is 22.0. The van der Waals surface area contributed by atoms with E-state index in [1.165, 1.54) is 35.6 Å². The molecule has 0 spiro atoms. The lowest BCUT2D eigenvalue weighted by Crippen LogP contribution is -2.32. The fourth-order valence-corrected chi connectivity index (χ4v) is 4.95. The number of benzene rings is 3. The fraction of sp³-hybridized carbons (Fsp3) is 0.100. The Labute approximate surface area is 244 Å². The van der Waals surface area contributed by atoms with Gasteiger partial charge >= 0.3 is 5.97 Å². The summed E-state index contributed by atoms with van der Waals surface area (Å²) in [4.78, 5) is 56.8. The van der Waals surface area contributed by atoms with E-state index >= 15 is 0 Å². The summed E-state index contributed by atoms with van der Waals surface area (Å²) in [5.74, 6) is -2.41. The summed E-state index contributed by atoms with van der Waals surface area (Å²) in [7, 11) is 0. The predicted octanol–water partition coefficient (Wildman–Crippen LogP) is 6.06. The first-order chi connectivity index (χ1) is 19.9. The second-order valence-electron chi connectivity index (χ2n) is 8.88. The molecule has 0 saturated heterocycles. The van der Waals surface area contributed by atoms with Crippen LogP contribution in [0.25, 0.3) is 11.3 Å². The van der Waals surface area contributed by atoms with E-state index in [2.05, 4.69) is 15.6 Å². The first-order valence-electron chi connectivity index (χ1n) is 12.6. The molecule has 0 bridgehead atoms. The highest BCUT2D eigenvalue weighted by Crippen LogP contribution is 2.31. The zero-order valence-corrected chi connectivity index (χ0v) is 23.3. The van der Waals surface area contributed by atoms with Gasteiger partial charge in [-0.05, 0) is 42.8 Å². The molecule has 2 heterocycles. The molecule has 0 unspecified atom stereocenters. The summed E-state index contributed by atoms with van der Waals surface area (Å²) in [5.41, 5.74) is 2.58. The third kappa shape index (κ3) is 6.03. The molecule has 41 heavy (non-hydrogen) atoms. The Morgan fingerprint density at radius 3 is 2.49 bits per heavy atom. The van der Waals surface area contributed by atoms with Crippen LogP contribution in [0.3, 0.4) is 0 Å². The maximum absolute atomic E-state index is 13.3. The molecule has 0 saturated carbocycles. The van der Waals surface area contributed by atoms with Crippen molar-refractivity contribution in [2.75, 3.05) is 22.1 Å². The monoisotopic (exact) mass is 586 g/mol. The van der Waals surface area contributed by atoms with Gasteiger partial charge in [0, 0.05) is 22.2 Å². The molecule has 0 fully saturated rings. The average Bonchev–Trinajstić information content (AvgIpc) is 3.54. The largest absolute Gasteiger partial charge is 0.462 e. The van der Waals surface area contributed by atoms with Crippen molar-refractivity contribution in [2.45, 2.75) is 13.3 Å². The van der Waals surface area contributed by atoms with Gasteiger partial charge in [0.25, 0.3) is 17.7 Å². The quantitative estimate of drug-likeness (QED) is 0.181. The normalized spacial score (nSPS) is 13.0. The molecule has 4 aromatic rings. The molecular weight excluding hydrogens is 564 g/mol. The number of amides is 3. The molecule has 0 atom stereocenters. The van der Waals surface area contributed by atoms with Crippen molar-refractivity contribution in [3.63, 3.8) is 0 Å². The number of carbonyl (C=O) groups is 4. The number of nitrogens with zero attached hydrogens (tertiary/aromatic N) is 2. The Morgan fingerprint density at radius 2 is 1.71 bits per heavy atom. The van der Waals surface area contributed by atoms with Crippen LogP contribution in [-0.2, 0) is 14.3 Å². The van der Waals surface area contributed by atoms with Gasteiger partial charge < -0.3 is 10.1 Å². The van der Waals surface area contributed by atoms with Crippen molar-refractivity contribution in [1.82, 2.24) is 4.98 Å². The average molecular weight is 587 g/mol. The maximum Gasteiger partial charge on any atom is 0.338 e. The third-order valence-electron chi connectivity index (χ3n) is 5.99. The lowest BCUT2D eigenvalue weighted by molar-refractivity contribution is -0.120. The maximum atomic E-state index is 13.3. The number of carbonyl (C=O) groups excluding carboxylic acids is 4. The molecule has 3 aromatic carbocycles. The van der Waals surface area contributed by atoms with E-state index in [0.717, 1.165) is 16.2 Å². The third-order valence-corrected chi connectivity index (χ3v) is 7.10. The Hall–Kier alpha value is -4.80. The zero-order chi connectivity index (χ0) is 28.9. The highest BCUT2D eigenvalue weighted by molar-refractivity contribution is 7.14. The van der Waals surface area contributed by atoms with E-state index < -0.39 is 23.7 Å². The number of nitrogens with one attached hydrogen (secondary N) is 2. The number of imide groups is 1. The highest BCUT2D eigenvalue weighted by atomic mass is 35.5. The number of anilines is 3. The Balaban J connectivity index is 1.30. The minimum Gasteiger partial charge on any atom is -0.462 e. The summed E-state index contributed by atoms with van der Waals surface area (Å²) in [5, 5.41) is 7.63. The van der Waals surface area contributed by atoms with E-state index in [1.807, 2.05) is 42.6 Å². The molecule has 1 aliphatic heterocycles. The molecule has 1 aliphatic rings. The lowest BCUT2D eigenvalue weighted by Gasteiger charge is -2.16. The number of halogens is 1. The summed E-state index contributed by atoms with van der Waals surface area (Å²) in [6.07, 6.45) is 0.659. The van der Waals surface area contributed by atoms with Crippen LogP contribution in [0.1, 0.15) is 34.1 Å². The predicted molar refractivity (Wildman–Crippen MR) is 158 cm³/mol. The van der Waals surface area contributed by atoms with Crippen LogP contribution in [0.4, 0.5) is 16.5 Å². The van der Waals surface area contributed by atoms with E-state index in [9.17, 15) is 19.2 Å². The van der Waals surface area contributed by atoms with Gasteiger partial charge in [-0.25, -0.2) is 14.7 Å². The zero-order valence-electron chi connectivity index (χ0n) is 21.7. The van der Waals surface area contributed by atoms with Crippen molar-refractivity contribution in [3.05, 3.63) is 106 Å². The van der Waals surface area contributed by atoms with Gasteiger partial charge in [0.2, 0.25) is 0 Å². The first-order valence-corrected chi connectivity index (χ1v) is 13.9. The van der Waals surface area contributed by atoms with Gasteiger partial charge in [0.15, 0.2) is 5.13 Å². The molecule has 0 radical (unpaired) electrons. The van der Waals surface area contributed by atoms with Crippen LogP contribution < -0.4 is 15.5 Å². The van der Waals surface area contributed by atoms with E-state index in [4.69, 9.17) is 16.3 Å². The fourth-order valence-electron chi connectivity index (χ4n) is 4.02. The molecule has 2 N–H and O–H groups in total. The minimum atomic E-state index is -0.745. The number of esters is 1. The molecular formula is C30H23ClN4O5S. The van der Waals surface area contributed by atoms with E-state index in [0.29, 0.717) is 22.8 Å². The van der Waals surface area contributed by atoms with Gasteiger partial charge in [-0.15, -0.1) is 11.3 Å². The second-order valence-corrected chi connectivity index (χ2v) is 10.1. The molecule has 0 aliphatic carbocycles. The van der Waals surface area contributed by atoms with Crippen LogP contribution in [0, 0.1) is 0 Å². The Kier molecular flexibility index (Phi) is 8.23. The number of aromatic nitrogens is 1. The SMILES string of the molecule is CCCOC(=O)c1cccc(N2C(=O)C(Cl)=C(Nc3cccc(C(=O)Nc4nc(-c5ccccc5)cs4)c3)C2=O)c1. The number of hydrogen-bond acceptors (Lipinski definition) is 8. The number of rotatable bonds is 9. The Morgan fingerprint density at radius 1 is 0.951 bits per heavy atom. The van der Waals surface area contributed by atoms with Crippen LogP contribution >= 0.6 is 22.9 Å². The van der Waals surface area contributed by atoms with Gasteiger partial charge in [-0.1, -0.05) is 61.0 Å². The van der Waals surface area contributed by atoms with Gasteiger partial charge in [-0.2, -0.15) is 0 Å². The van der Waals surface area contributed by atoms with Crippen molar-refractivity contribution in [1.29, 1.82) is 0 Å². The number of thiazole rings is 1. The number of ether oxygens (including phenoxy) is 1. The molecule has 11 heteroatoms. The second kappa shape index (κ2) is 12.2. The number of hydrogen-bond donors (Lipinski definition) is 2. The van der Waals surface area contributed by atoms with Crippen molar-refractivity contribution >= 4 is 63.1 Å². The Bertz CT molecular complexity index is 1680. The van der Waals surface area contributed by atoms with Crippen molar-refractivity contribution in [3.8, 4) is 11.3 Å². The lowest BCUT2D eigenvalue weighted by atomic mass is 10.2. The van der Waals surface area contributed by atoms with Crippen LogP contribution in [-0.4, -0.2) is 35.3 Å². The first kappa shape index (κ1) is 27.8. The highest BCUT2D eigenvalue weighted by Gasteiger charge is 2.39. The van der Waals surface area contributed by atoms with Crippen molar-refractivity contribution in [2.24, 2.45) is 0 Å². The van der Waals surface area contributed by atoms with E-state index in [1.54, 1.807) is 24.3 Å². The molecule has 9 nitrogen and oxygen atoms in total. The summed E-state index contributed by atoms with van der Waals surface area (Å²) >= 11 is 7.58. The van der Waals surface area contributed by atoms with E-state index in [-0.39, 0.29) is 28.6 Å². The summed E-state index contributed by atoms with van der Waals surface area (Å²) in [6.45, 7) is 2.12. The smallest absolute Gasteiger partial charge is 0.338 e. The molecule has 5 rings (SSSR count). The molecule has 3 amide bonds.